The van der Waals surface area contributed by atoms with Crippen LogP contribution >= 0.6 is 23.2 Å². The zero-order valence-electron chi connectivity index (χ0n) is 8.08. The molecule has 13 heavy (non-hydrogen) atoms. The van der Waals surface area contributed by atoms with Crippen LogP contribution in [0.1, 0.15) is 32.6 Å². The van der Waals surface area contributed by atoms with Crippen molar-refractivity contribution in [1.82, 2.24) is 5.32 Å². The van der Waals surface area contributed by atoms with E-state index >= 15 is 0 Å². The minimum atomic E-state index is 0.183. The van der Waals surface area contributed by atoms with Gasteiger partial charge in [0.05, 0.1) is 0 Å². The van der Waals surface area contributed by atoms with Crippen molar-refractivity contribution >= 4 is 23.2 Å². The number of hydrogen-bond donors (Lipinski definition) is 1. The van der Waals surface area contributed by atoms with Gasteiger partial charge in [-0.1, -0.05) is 24.4 Å². The third-order valence-electron chi connectivity index (χ3n) is 2.74. The van der Waals surface area contributed by atoms with Crippen LogP contribution in [-0.4, -0.2) is 18.0 Å². The molecule has 1 aliphatic rings. The van der Waals surface area contributed by atoms with Crippen LogP contribution in [0.4, 0.5) is 0 Å². The van der Waals surface area contributed by atoms with Crippen LogP contribution in [0, 0.1) is 0 Å². The average molecular weight is 222 g/mol. The summed E-state index contributed by atoms with van der Waals surface area (Å²) in [5, 5.41) is 3.51. The summed E-state index contributed by atoms with van der Waals surface area (Å²) in [6.45, 7) is 2.88. The lowest BCUT2D eigenvalue weighted by Gasteiger charge is -2.28. The highest BCUT2D eigenvalue weighted by Crippen LogP contribution is 2.30. The van der Waals surface area contributed by atoms with Gasteiger partial charge in [-0.25, -0.2) is 0 Å². The van der Waals surface area contributed by atoms with Gasteiger partial charge in [0.15, 0.2) is 0 Å². The second-order valence-electron chi connectivity index (χ2n) is 3.93. The van der Waals surface area contributed by atoms with Crippen molar-refractivity contribution < 1.29 is 0 Å². The number of hydrogen-bond acceptors (Lipinski definition) is 1. The SMILES string of the molecule is CC(=CCl)CNC1(CCl)CCCC1. The molecule has 0 amide bonds. The lowest BCUT2D eigenvalue weighted by molar-refractivity contribution is 0.384. The van der Waals surface area contributed by atoms with Crippen molar-refractivity contribution in [2.45, 2.75) is 38.1 Å². The standard InChI is InChI=1S/C10H17Cl2N/c1-9(6-11)7-13-10(8-12)4-2-3-5-10/h6,13H,2-5,7-8H2,1H3. The number of alkyl halides is 1. The maximum atomic E-state index is 5.98. The van der Waals surface area contributed by atoms with Gasteiger partial charge in [0.2, 0.25) is 0 Å². The molecular weight excluding hydrogens is 205 g/mol. The van der Waals surface area contributed by atoms with E-state index in [1.165, 1.54) is 25.7 Å². The summed E-state index contributed by atoms with van der Waals surface area (Å²) in [5.41, 5.74) is 2.98. The van der Waals surface area contributed by atoms with Gasteiger partial charge in [-0.3, -0.25) is 0 Å². The molecule has 0 atom stereocenters. The van der Waals surface area contributed by atoms with E-state index in [0.717, 1.165) is 12.1 Å². The van der Waals surface area contributed by atoms with Crippen molar-refractivity contribution in [3.63, 3.8) is 0 Å². The summed E-state index contributed by atoms with van der Waals surface area (Å²) < 4.78 is 0. The fourth-order valence-corrected chi connectivity index (χ4v) is 2.21. The summed E-state index contributed by atoms with van der Waals surface area (Å²) in [4.78, 5) is 0. The maximum Gasteiger partial charge on any atom is 0.0406 e. The molecule has 0 heterocycles. The lowest BCUT2D eigenvalue weighted by Crippen LogP contribution is -2.45. The Morgan fingerprint density at radius 1 is 1.46 bits per heavy atom. The van der Waals surface area contributed by atoms with Crippen molar-refractivity contribution in [2.75, 3.05) is 12.4 Å². The van der Waals surface area contributed by atoms with Gasteiger partial charge in [-0.05, 0) is 25.3 Å². The van der Waals surface area contributed by atoms with Crippen molar-refractivity contribution in [3.8, 4) is 0 Å². The fourth-order valence-electron chi connectivity index (χ4n) is 1.77. The Morgan fingerprint density at radius 2 is 2.08 bits per heavy atom. The van der Waals surface area contributed by atoms with E-state index in [1.807, 2.05) is 6.92 Å². The molecule has 1 N–H and O–H groups in total. The predicted molar refractivity (Wildman–Crippen MR) is 59.5 cm³/mol. The normalized spacial score (nSPS) is 22.2. The van der Waals surface area contributed by atoms with Gasteiger partial charge in [0.1, 0.15) is 0 Å². The highest BCUT2D eigenvalue weighted by atomic mass is 35.5. The molecule has 0 aliphatic heterocycles. The van der Waals surface area contributed by atoms with Gasteiger partial charge in [0, 0.05) is 23.5 Å². The molecule has 1 saturated carbocycles. The smallest absolute Gasteiger partial charge is 0.0406 e. The Balaban J connectivity index is 2.40. The molecule has 1 aliphatic carbocycles. The van der Waals surface area contributed by atoms with E-state index in [0.29, 0.717) is 5.88 Å². The molecule has 0 spiro atoms. The highest BCUT2D eigenvalue weighted by Gasteiger charge is 2.31. The Kier molecular flexibility index (Phi) is 4.57. The quantitative estimate of drug-likeness (QED) is 0.720. The fraction of sp³-hybridized carbons (Fsp3) is 0.800. The summed E-state index contributed by atoms with van der Waals surface area (Å²) in [7, 11) is 0. The molecule has 0 aromatic rings. The van der Waals surface area contributed by atoms with Gasteiger partial charge in [-0.2, -0.15) is 0 Å². The molecule has 76 valence electrons. The van der Waals surface area contributed by atoms with Crippen LogP contribution in [0.5, 0.6) is 0 Å². The largest absolute Gasteiger partial charge is 0.306 e. The predicted octanol–water partition coefficient (Wildman–Crippen LogP) is 3.27. The van der Waals surface area contributed by atoms with Crippen molar-refractivity contribution in [1.29, 1.82) is 0 Å². The number of nitrogens with one attached hydrogen (secondary N) is 1. The van der Waals surface area contributed by atoms with Crippen LogP contribution in [0.3, 0.4) is 0 Å². The first-order valence-electron chi connectivity index (χ1n) is 4.79. The molecular formula is C10H17Cl2N. The summed E-state index contributed by atoms with van der Waals surface area (Å²) in [6, 6.07) is 0. The molecule has 0 bridgehead atoms. The topological polar surface area (TPSA) is 12.0 Å². The van der Waals surface area contributed by atoms with Gasteiger partial charge in [0.25, 0.3) is 0 Å². The zero-order chi connectivity index (χ0) is 9.73. The first-order valence-corrected chi connectivity index (χ1v) is 5.76. The van der Waals surface area contributed by atoms with Crippen LogP contribution in [0.25, 0.3) is 0 Å². The summed E-state index contributed by atoms with van der Waals surface area (Å²) >= 11 is 11.6. The Hall–Kier alpha value is 0.280. The van der Waals surface area contributed by atoms with E-state index in [2.05, 4.69) is 5.32 Å². The molecule has 0 saturated heterocycles. The molecule has 1 nitrogen and oxygen atoms in total. The molecule has 1 rings (SSSR count). The Morgan fingerprint density at radius 3 is 2.54 bits per heavy atom. The van der Waals surface area contributed by atoms with Gasteiger partial charge >= 0.3 is 0 Å². The third kappa shape index (κ3) is 3.16. The zero-order valence-corrected chi connectivity index (χ0v) is 9.59. The number of halogens is 2. The minimum absolute atomic E-state index is 0.183. The lowest BCUT2D eigenvalue weighted by atomic mass is 10.0. The van der Waals surface area contributed by atoms with Crippen LogP contribution < -0.4 is 5.32 Å². The van der Waals surface area contributed by atoms with Crippen LogP contribution in [0.15, 0.2) is 11.1 Å². The Labute approximate surface area is 90.5 Å². The average Bonchev–Trinajstić information content (AvgIpc) is 2.63. The monoisotopic (exact) mass is 221 g/mol. The molecule has 0 aromatic carbocycles. The van der Waals surface area contributed by atoms with Crippen molar-refractivity contribution in [3.05, 3.63) is 11.1 Å². The molecule has 3 heteroatoms. The maximum absolute atomic E-state index is 5.98. The molecule has 0 unspecified atom stereocenters. The van der Waals surface area contributed by atoms with Crippen LogP contribution in [0.2, 0.25) is 0 Å². The highest BCUT2D eigenvalue weighted by molar-refractivity contribution is 6.25. The second-order valence-corrected chi connectivity index (χ2v) is 4.42. The second kappa shape index (κ2) is 5.23. The van der Waals surface area contributed by atoms with E-state index < -0.39 is 0 Å². The minimum Gasteiger partial charge on any atom is -0.306 e. The van der Waals surface area contributed by atoms with E-state index in [1.54, 1.807) is 5.54 Å². The summed E-state index contributed by atoms with van der Waals surface area (Å²) in [5.74, 6) is 0.711. The third-order valence-corrected chi connectivity index (χ3v) is 3.63. The van der Waals surface area contributed by atoms with Gasteiger partial charge in [-0.15, -0.1) is 11.6 Å². The van der Waals surface area contributed by atoms with Crippen LogP contribution in [-0.2, 0) is 0 Å². The van der Waals surface area contributed by atoms with E-state index in [9.17, 15) is 0 Å². The first kappa shape index (κ1) is 11.4. The first-order chi connectivity index (χ1) is 6.22. The van der Waals surface area contributed by atoms with Crippen molar-refractivity contribution in [2.24, 2.45) is 0 Å². The molecule has 0 radical (unpaired) electrons. The van der Waals surface area contributed by atoms with Gasteiger partial charge < -0.3 is 5.32 Å². The molecule has 1 fully saturated rings. The van der Waals surface area contributed by atoms with E-state index in [-0.39, 0.29) is 5.54 Å². The Bertz CT molecular complexity index is 183. The molecule has 0 aromatic heterocycles. The number of rotatable bonds is 4. The van der Waals surface area contributed by atoms with E-state index in [4.69, 9.17) is 23.2 Å². The summed E-state index contributed by atoms with van der Waals surface area (Å²) in [6.07, 6.45) is 4.99.